The van der Waals surface area contributed by atoms with Crippen molar-refractivity contribution >= 4 is 44.3 Å². The first-order valence-corrected chi connectivity index (χ1v) is 7.58. The average molecular weight is 433 g/mol. The molecule has 0 atom stereocenters. The molecule has 0 aliphatic rings. The Bertz CT molecular complexity index is 640. The van der Waals surface area contributed by atoms with Gasteiger partial charge >= 0.3 is 0 Å². The highest BCUT2D eigenvalue weighted by Gasteiger charge is 2.13. The lowest BCUT2D eigenvalue weighted by molar-refractivity contribution is 0.0992. The fourth-order valence-corrected chi connectivity index (χ4v) is 2.77. The summed E-state index contributed by atoms with van der Waals surface area (Å²) < 4.78 is 15.0. The quantitative estimate of drug-likeness (QED) is 0.496. The molecule has 0 amide bonds. The van der Waals surface area contributed by atoms with Gasteiger partial charge in [0.05, 0.1) is 0 Å². The molecule has 98 valence electrons. The maximum absolute atomic E-state index is 13.2. The third-order valence-corrected chi connectivity index (χ3v) is 4.25. The predicted octanol–water partition coefficient (Wildman–Crippen LogP) is 4.93. The van der Waals surface area contributed by atoms with Gasteiger partial charge in [0.1, 0.15) is 5.82 Å². The molecule has 2 aromatic rings. The highest BCUT2D eigenvalue weighted by molar-refractivity contribution is 14.1. The number of carbonyl (C=O) groups excluding carboxylic acids is 1. The molecule has 0 unspecified atom stereocenters. The monoisotopic (exact) mass is 432 g/mol. The Morgan fingerprint density at radius 2 is 2.00 bits per heavy atom. The summed E-state index contributed by atoms with van der Waals surface area (Å²) in [4.78, 5) is 12.3. The minimum Gasteiger partial charge on any atom is -0.294 e. The number of hydrogen-bond donors (Lipinski definition) is 0. The molecule has 0 saturated heterocycles. The molecule has 0 N–H and O–H groups in total. The number of ketones is 1. The zero-order valence-corrected chi connectivity index (χ0v) is 14.0. The van der Waals surface area contributed by atoms with Crippen LogP contribution < -0.4 is 0 Å². The first-order chi connectivity index (χ1) is 8.97. The summed E-state index contributed by atoms with van der Waals surface area (Å²) in [6.07, 6.45) is 0.211. The Hall–Kier alpha value is -0.750. The zero-order valence-electron chi connectivity index (χ0n) is 10.2. The molecule has 0 spiro atoms. The number of hydrogen-bond acceptors (Lipinski definition) is 1. The maximum Gasteiger partial charge on any atom is 0.168 e. The van der Waals surface area contributed by atoms with Crippen molar-refractivity contribution in [2.24, 2.45) is 0 Å². The lowest BCUT2D eigenvalue weighted by atomic mass is 9.99. The number of aryl methyl sites for hydroxylation is 1. The van der Waals surface area contributed by atoms with Crippen LogP contribution in [0.15, 0.2) is 40.9 Å². The Morgan fingerprint density at radius 3 is 2.74 bits per heavy atom. The Balaban J connectivity index is 2.30. The van der Waals surface area contributed by atoms with E-state index in [0.29, 0.717) is 5.56 Å². The number of Topliss-reactive ketones (excluding diaryl/α,β-unsaturated/α-hetero) is 1. The molecule has 0 aromatic heterocycles. The van der Waals surface area contributed by atoms with E-state index in [1.165, 1.54) is 12.1 Å². The molecule has 19 heavy (non-hydrogen) atoms. The third-order valence-electron chi connectivity index (χ3n) is 2.89. The zero-order chi connectivity index (χ0) is 14.0. The topological polar surface area (TPSA) is 17.1 Å². The van der Waals surface area contributed by atoms with Crippen LogP contribution in [-0.2, 0) is 6.42 Å². The van der Waals surface area contributed by atoms with Gasteiger partial charge in [-0.2, -0.15) is 0 Å². The van der Waals surface area contributed by atoms with Crippen molar-refractivity contribution in [3.8, 4) is 0 Å². The minimum absolute atomic E-state index is 0.0147. The van der Waals surface area contributed by atoms with E-state index in [2.05, 4.69) is 38.5 Å². The summed E-state index contributed by atoms with van der Waals surface area (Å²) >= 11 is 5.54. The normalized spacial score (nSPS) is 10.5. The molecule has 0 saturated carbocycles. The third kappa shape index (κ3) is 3.63. The van der Waals surface area contributed by atoms with Gasteiger partial charge in [0, 0.05) is 20.0 Å². The summed E-state index contributed by atoms with van der Waals surface area (Å²) in [5.41, 5.74) is 2.29. The van der Waals surface area contributed by atoms with Crippen molar-refractivity contribution in [1.29, 1.82) is 0 Å². The Morgan fingerprint density at radius 1 is 1.26 bits per heavy atom. The molecule has 4 heteroatoms. The second-order valence-corrected chi connectivity index (χ2v) is 6.39. The molecule has 0 bridgehead atoms. The van der Waals surface area contributed by atoms with E-state index in [1.807, 2.05) is 25.1 Å². The lowest BCUT2D eigenvalue weighted by Gasteiger charge is -2.07. The molecule has 2 rings (SSSR count). The van der Waals surface area contributed by atoms with Crippen molar-refractivity contribution in [2.75, 3.05) is 0 Å². The van der Waals surface area contributed by atoms with Crippen LogP contribution >= 0.6 is 38.5 Å². The van der Waals surface area contributed by atoms with Crippen molar-refractivity contribution in [3.63, 3.8) is 0 Å². The summed E-state index contributed by atoms with van der Waals surface area (Å²) in [7, 11) is 0. The summed E-state index contributed by atoms with van der Waals surface area (Å²) in [6.45, 7) is 1.88. The van der Waals surface area contributed by atoms with E-state index in [1.54, 1.807) is 6.07 Å². The maximum atomic E-state index is 13.2. The molecule has 0 aliphatic carbocycles. The fraction of sp³-hybridized carbons (Fsp3) is 0.133. The molecule has 0 radical (unpaired) electrons. The standard InChI is InChI=1S/C15H11BrFIO/c1-9-2-3-11(17)6-10(9)7-15(19)13-8-12(18)4-5-14(13)16/h2-6,8H,7H2,1H3. The van der Waals surface area contributed by atoms with Gasteiger partial charge in [-0.15, -0.1) is 0 Å². The van der Waals surface area contributed by atoms with Gasteiger partial charge in [0.2, 0.25) is 0 Å². The van der Waals surface area contributed by atoms with Crippen LogP contribution in [0.25, 0.3) is 0 Å². The van der Waals surface area contributed by atoms with Gasteiger partial charge < -0.3 is 0 Å². The molecule has 0 aliphatic heterocycles. The van der Waals surface area contributed by atoms with Crippen LogP contribution in [0.1, 0.15) is 21.5 Å². The number of rotatable bonds is 3. The minimum atomic E-state index is -0.310. The fourth-order valence-electron chi connectivity index (χ4n) is 1.81. The number of benzene rings is 2. The average Bonchev–Trinajstić information content (AvgIpc) is 2.36. The van der Waals surface area contributed by atoms with Crippen LogP contribution in [0.5, 0.6) is 0 Å². The van der Waals surface area contributed by atoms with Crippen LogP contribution in [0, 0.1) is 16.3 Å². The van der Waals surface area contributed by atoms with E-state index < -0.39 is 0 Å². The highest BCUT2D eigenvalue weighted by atomic mass is 127. The molecule has 2 aromatic carbocycles. The Kier molecular flexibility index (Phi) is 4.73. The van der Waals surface area contributed by atoms with Gasteiger partial charge in [-0.25, -0.2) is 4.39 Å². The van der Waals surface area contributed by atoms with Crippen molar-refractivity contribution < 1.29 is 9.18 Å². The van der Waals surface area contributed by atoms with E-state index >= 15 is 0 Å². The Labute approximate surface area is 133 Å². The van der Waals surface area contributed by atoms with Crippen molar-refractivity contribution in [3.05, 3.63) is 66.9 Å². The van der Waals surface area contributed by atoms with Crippen LogP contribution in [-0.4, -0.2) is 5.78 Å². The second kappa shape index (κ2) is 6.13. The van der Waals surface area contributed by atoms with Crippen molar-refractivity contribution in [2.45, 2.75) is 13.3 Å². The van der Waals surface area contributed by atoms with E-state index in [4.69, 9.17) is 0 Å². The lowest BCUT2D eigenvalue weighted by Crippen LogP contribution is -2.06. The van der Waals surface area contributed by atoms with E-state index in [0.717, 1.165) is 19.2 Å². The summed E-state index contributed by atoms with van der Waals surface area (Å²) in [6, 6.07) is 10.1. The van der Waals surface area contributed by atoms with Gasteiger partial charge in [-0.05, 0) is 71.0 Å². The largest absolute Gasteiger partial charge is 0.294 e. The molecule has 0 heterocycles. The SMILES string of the molecule is Cc1ccc(F)cc1CC(=O)c1cc(I)ccc1Br. The van der Waals surface area contributed by atoms with Gasteiger partial charge in [-0.1, -0.05) is 22.0 Å². The molecular formula is C15H11BrFIO. The number of halogens is 3. The van der Waals surface area contributed by atoms with E-state index in [-0.39, 0.29) is 18.0 Å². The molecule has 1 nitrogen and oxygen atoms in total. The highest BCUT2D eigenvalue weighted by Crippen LogP contribution is 2.22. The summed E-state index contributed by atoms with van der Waals surface area (Å²) in [5.74, 6) is -0.325. The van der Waals surface area contributed by atoms with E-state index in [9.17, 15) is 9.18 Å². The first kappa shape index (κ1) is 14.7. The van der Waals surface area contributed by atoms with Crippen molar-refractivity contribution in [1.82, 2.24) is 0 Å². The van der Waals surface area contributed by atoms with Gasteiger partial charge in [0.25, 0.3) is 0 Å². The molecular weight excluding hydrogens is 422 g/mol. The second-order valence-electron chi connectivity index (χ2n) is 4.29. The molecule has 0 fully saturated rings. The predicted molar refractivity (Wildman–Crippen MR) is 86.0 cm³/mol. The summed E-state index contributed by atoms with van der Waals surface area (Å²) in [5, 5.41) is 0. The van der Waals surface area contributed by atoms with Crippen LogP contribution in [0.2, 0.25) is 0 Å². The number of carbonyl (C=O) groups is 1. The van der Waals surface area contributed by atoms with Crippen LogP contribution in [0.4, 0.5) is 4.39 Å². The van der Waals surface area contributed by atoms with Gasteiger partial charge in [-0.3, -0.25) is 4.79 Å². The van der Waals surface area contributed by atoms with Crippen LogP contribution in [0.3, 0.4) is 0 Å². The first-order valence-electron chi connectivity index (χ1n) is 5.70. The van der Waals surface area contributed by atoms with Gasteiger partial charge in [0.15, 0.2) is 5.78 Å². The smallest absolute Gasteiger partial charge is 0.168 e.